The molecule has 1 aliphatic rings. The lowest BCUT2D eigenvalue weighted by Crippen LogP contribution is -2.12. The van der Waals surface area contributed by atoms with Gasteiger partial charge in [-0.15, -0.1) is 0 Å². The third kappa shape index (κ3) is 2.94. The summed E-state index contributed by atoms with van der Waals surface area (Å²) in [4.78, 5) is 11.8. The molecule has 2 N–H and O–H groups in total. The summed E-state index contributed by atoms with van der Waals surface area (Å²) in [5, 5.41) is 0. The summed E-state index contributed by atoms with van der Waals surface area (Å²) in [6.45, 7) is 0.519. The van der Waals surface area contributed by atoms with Gasteiger partial charge in [0, 0.05) is 0 Å². The lowest BCUT2D eigenvalue weighted by Gasteiger charge is -2.11. The van der Waals surface area contributed by atoms with Gasteiger partial charge in [0.05, 0.1) is 25.0 Å². The van der Waals surface area contributed by atoms with Crippen molar-refractivity contribution < 1.29 is 14.3 Å². The normalized spacial score (nSPS) is 15.6. The monoisotopic (exact) mass is 249 g/mol. The van der Waals surface area contributed by atoms with Crippen LogP contribution in [-0.4, -0.2) is 19.7 Å². The van der Waals surface area contributed by atoms with E-state index in [-0.39, 0.29) is 5.97 Å². The summed E-state index contributed by atoms with van der Waals surface area (Å²) in [5.41, 5.74) is 6.68. The zero-order valence-corrected chi connectivity index (χ0v) is 10.6. The number of rotatable bonds is 4. The van der Waals surface area contributed by atoms with Crippen molar-refractivity contribution >= 4 is 11.7 Å². The minimum atomic E-state index is -0.309. The van der Waals surface area contributed by atoms with Gasteiger partial charge in [0.1, 0.15) is 5.75 Å². The molecule has 2 rings (SSSR count). The Balaban J connectivity index is 1.93. The summed E-state index contributed by atoms with van der Waals surface area (Å²) < 4.78 is 10.3. The fourth-order valence-electron chi connectivity index (χ4n) is 2.32. The smallest absolute Gasteiger partial charge is 0.338 e. The van der Waals surface area contributed by atoms with E-state index in [4.69, 9.17) is 15.2 Å². The van der Waals surface area contributed by atoms with Crippen molar-refractivity contribution in [3.05, 3.63) is 23.8 Å². The van der Waals surface area contributed by atoms with E-state index in [0.29, 0.717) is 29.5 Å². The SMILES string of the molecule is COc1ccc(C(=O)OCC2CCCC2)cc1N. The minimum absolute atomic E-state index is 0.309. The van der Waals surface area contributed by atoms with Crippen LogP contribution in [0, 0.1) is 5.92 Å². The average Bonchev–Trinajstić information content (AvgIpc) is 2.89. The Morgan fingerprint density at radius 1 is 1.39 bits per heavy atom. The maximum atomic E-state index is 11.8. The van der Waals surface area contributed by atoms with Crippen LogP contribution in [0.3, 0.4) is 0 Å². The summed E-state index contributed by atoms with van der Waals surface area (Å²) in [7, 11) is 1.55. The van der Waals surface area contributed by atoms with Gasteiger partial charge in [-0.25, -0.2) is 4.79 Å². The van der Waals surface area contributed by atoms with Crippen molar-refractivity contribution in [2.45, 2.75) is 25.7 Å². The van der Waals surface area contributed by atoms with E-state index in [1.165, 1.54) is 12.8 Å². The second-order valence-corrected chi connectivity index (χ2v) is 4.71. The Morgan fingerprint density at radius 2 is 2.11 bits per heavy atom. The number of ether oxygens (including phenoxy) is 2. The number of methoxy groups -OCH3 is 1. The highest BCUT2D eigenvalue weighted by molar-refractivity contribution is 5.91. The molecule has 0 atom stereocenters. The van der Waals surface area contributed by atoms with Gasteiger partial charge in [-0.05, 0) is 37.0 Å². The Hall–Kier alpha value is -1.71. The molecule has 1 saturated carbocycles. The minimum Gasteiger partial charge on any atom is -0.495 e. The molecule has 0 unspecified atom stereocenters. The zero-order valence-electron chi connectivity index (χ0n) is 10.6. The number of nitrogens with two attached hydrogens (primary N) is 1. The van der Waals surface area contributed by atoms with Crippen LogP contribution in [0.4, 0.5) is 5.69 Å². The molecule has 0 aromatic heterocycles. The predicted octanol–water partition coefficient (Wildman–Crippen LogP) is 2.62. The maximum Gasteiger partial charge on any atom is 0.338 e. The molecule has 4 nitrogen and oxygen atoms in total. The highest BCUT2D eigenvalue weighted by atomic mass is 16.5. The van der Waals surface area contributed by atoms with Crippen LogP contribution in [0.1, 0.15) is 36.0 Å². The van der Waals surface area contributed by atoms with Gasteiger partial charge in [0.2, 0.25) is 0 Å². The quantitative estimate of drug-likeness (QED) is 0.658. The summed E-state index contributed by atoms with van der Waals surface area (Å²) in [6, 6.07) is 4.95. The van der Waals surface area contributed by atoms with Crippen molar-refractivity contribution in [2.24, 2.45) is 5.92 Å². The molecule has 4 heteroatoms. The molecule has 1 aromatic carbocycles. The van der Waals surface area contributed by atoms with Gasteiger partial charge in [-0.2, -0.15) is 0 Å². The fourth-order valence-corrected chi connectivity index (χ4v) is 2.32. The van der Waals surface area contributed by atoms with Crippen molar-refractivity contribution in [1.29, 1.82) is 0 Å². The first-order valence-electron chi connectivity index (χ1n) is 6.31. The summed E-state index contributed by atoms with van der Waals surface area (Å²) in [5.74, 6) is 0.795. The second kappa shape index (κ2) is 5.76. The molecular formula is C14H19NO3. The number of hydrogen-bond donors (Lipinski definition) is 1. The topological polar surface area (TPSA) is 61.5 Å². The van der Waals surface area contributed by atoms with E-state index in [1.54, 1.807) is 25.3 Å². The van der Waals surface area contributed by atoms with Gasteiger partial charge in [0.15, 0.2) is 0 Å². The van der Waals surface area contributed by atoms with Crippen LogP contribution in [0.15, 0.2) is 18.2 Å². The van der Waals surface area contributed by atoms with Crippen LogP contribution < -0.4 is 10.5 Å². The van der Waals surface area contributed by atoms with Gasteiger partial charge < -0.3 is 15.2 Å². The van der Waals surface area contributed by atoms with Crippen LogP contribution in [0.5, 0.6) is 5.75 Å². The lowest BCUT2D eigenvalue weighted by atomic mass is 10.1. The molecule has 18 heavy (non-hydrogen) atoms. The molecule has 0 aliphatic heterocycles. The number of carbonyl (C=O) groups excluding carboxylic acids is 1. The van der Waals surface area contributed by atoms with E-state index in [2.05, 4.69) is 0 Å². The van der Waals surface area contributed by atoms with Gasteiger partial charge in [-0.1, -0.05) is 12.8 Å². The fraction of sp³-hybridized carbons (Fsp3) is 0.500. The summed E-state index contributed by atoms with van der Waals surface area (Å²) >= 11 is 0. The molecule has 1 aromatic rings. The largest absolute Gasteiger partial charge is 0.495 e. The number of anilines is 1. The molecular weight excluding hydrogens is 230 g/mol. The van der Waals surface area contributed by atoms with Gasteiger partial charge >= 0.3 is 5.97 Å². The van der Waals surface area contributed by atoms with E-state index in [0.717, 1.165) is 12.8 Å². The molecule has 0 radical (unpaired) electrons. The number of esters is 1. The number of hydrogen-bond acceptors (Lipinski definition) is 4. The van der Waals surface area contributed by atoms with Crippen molar-refractivity contribution in [3.63, 3.8) is 0 Å². The van der Waals surface area contributed by atoms with E-state index >= 15 is 0 Å². The first-order valence-corrected chi connectivity index (χ1v) is 6.31. The molecule has 0 saturated heterocycles. The second-order valence-electron chi connectivity index (χ2n) is 4.71. The van der Waals surface area contributed by atoms with E-state index in [1.807, 2.05) is 0 Å². The van der Waals surface area contributed by atoms with Crippen LogP contribution >= 0.6 is 0 Å². The highest BCUT2D eigenvalue weighted by Crippen LogP contribution is 2.26. The zero-order chi connectivity index (χ0) is 13.0. The van der Waals surface area contributed by atoms with Crippen LogP contribution in [-0.2, 0) is 4.74 Å². The third-order valence-corrected chi connectivity index (χ3v) is 3.39. The van der Waals surface area contributed by atoms with Gasteiger partial charge in [-0.3, -0.25) is 0 Å². The number of carbonyl (C=O) groups is 1. The van der Waals surface area contributed by atoms with Crippen molar-refractivity contribution in [3.8, 4) is 5.75 Å². The van der Waals surface area contributed by atoms with E-state index < -0.39 is 0 Å². The van der Waals surface area contributed by atoms with E-state index in [9.17, 15) is 4.79 Å². The molecule has 0 heterocycles. The predicted molar refractivity (Wildman–Crippen MR) is 69.6 cm³/mol. The number of benzene rings is 1. The Labute approximate surface area is 107 Å². The van der Waals surface area contributed by atoms with Crippen molar-refractivity contribution in [1.82, 2.24) is 0 Å². The Kier molecular flexibility index (Phi) is 4.07. The van der Waals surface area contributed by atoms with Crippen LogP contribution in [0.25, 0.3) is 0 Å². The molecule has 0 spiro atoms. The molecule has 1 aliphatic carbocycles. The molecule has 0 amide bonds. The average molecular weight is 249 g/mol. The lowest BCUT2D eigenvalue weighted by molar-refractivity contribution is 0.0442. The number of nitrogen functional groups attached to an aromatic ring is 1. The molecule has 0 bridgehead atoms. The maximum absolute atomic E-state index is 11.8. The summed E-state index contributed by atoms with van der Waals surface area (Å²) in [6.07, 6.45) is 4.82. The van der Waals surface area contributed by atoms with Crippen LogP contribution in [0.2, 0.25) is 0 Å². The van der Waals surface area contributed by atoms with Gasteiger partial charge in [0.25, 0.3) is 0 Å². The highest BCUT2D eigenvalue weighted by Gasteiger charge is 2.18. The first-order chi connectivity index (χ1) is 8.70. The third-order valence-electron chi connectivity index (χ3n) is 3.39. The standard InChI is InChI=1S/C14H19NO3/c1-17-13-7-6-11(8-12(13)15)14(16)18-9-10-4-2-3-5-10/h6-8,10H,2-5,9,15H2,1H3. The molecule has 98 valence electrons. The Morgan fingerprint density at radius 3 is 2.72 bits per heavy atom. The molecule has 1 fully saturated rings. The van der Waals surface area contributed by atoms with Crippen molar-refractivity contribution in [2.75, 3.05) is 19.5 Å². The first kappa shape index (κ1) is 12.7. The Bertz CT molecular complexity index is 425.